The molecule has 2 amide bonds. The zero-order valence-corrected chi connectivity index (χ0v) is 25.8. The van der Waals surface area contributed by atoms with Gasteiger partial charge in [0.15, 0.2) is 5.65 Å². The van der Waals surface area contributed by atoms with Crippen molar-refractivity contribution in [1.82, 2.24) is 29.5 Å². The number of piperazine rings is 1. The van der Waals surface area contributed by atoms with E-state index < -0.39 is 0 Å². The highest BCUT2D eigenvalue weighted by Crippen LogP contribution is 2.29. The lowest BCUT2D eigenvalue weighted by atomic mass is 10.1. The van der Waals surface area contributed by atoms with Crippen LogP contribution in [0.1, 0.15) is 50.7 Å². The fraction of sp³-hybridized carbons (Fsp3) is 0.438. The molecular weight excluding hydrogens is 564 g/mol. The van der Waals surface area contributed by atoms with Crippen LogP contribution >= 0.6 is 11.8 Å². The predicted octanol–water partition coefficient (Wildman–Crippen LogP) is 4.61. The van der Waals surface area contributed by atoms with Crippen molar-refractivity contribution in [3.05, 3.63) is 59.7 Å². The third-order valence-corrected chi connectivity index (χ3v) is 8.62. The molecule has 0 bridgehead atoms. The molecule has 43 heavy (non-hydrogen) atoms. The van der Waals surface area contributed by atoms with E-state index in [9.17, 15) is 14.4 Å². The quantitative estimate of drug-likeness (QED) is 0.139. The van der Waals surface area contributed by atoms with Gasteiger partial charge >= 0.3 is 5.97 Å². The van der Waals surface area contributed by atoms with Crippen molar-refractivity contribution >= 4 is 51.6 Å². The Labute approximate surface area is 255 Å². The van der Waals surface area contributed by atoms with Crippen molar-refractivity contribution in [3.63, 3.8) is 0 Å². The van der Waals surface area contributed by atoms with Crippen LogP contribution in [0, 0.1) is 6.92 Å². The van der Waals surface area contributed by atoms with E-state index in [0.717, 1.165) is 27.6 Å². The lowest BCUT2D eigenvalue weighted by Gasteiger charge is -2.40. The maximum absolute atomic E-state index is 12.9. The van der Waals surface area contributed by atoms with Gasteiger partial charge in [0, 0.05) is 56.2 Å². The van der Waals surface area contributed by atoms with Crippen molar-refractivity contribution in [2.75, 3.05) is 32.0 Å². The van der Waals surface area contributed by atoms with Gasteiger partial charge in [-0.3, -0.25) is 14.4 Å². The van der Waals surface area contributed by atoms with E-state index in [1.165, 1.54) is 17.3 Å². The molecule has 2 aromatic carbocycles. The highest BCUT2D eigenvalue weighted by molar-refractivity contribution is 7.99. The van der Waals surface area contributed by atoms with E-state index in [2.05, 4.69) is 52.0 Å². The molecule has 0 radical (unpaired) electrons. The van der Waals surface area contributed by atoms with Gasteiger partial charge in [0.2, 0.25) is 17.0 Å². The largest absolute Gasteiger partial charge is 0.466 e. The molecule has 5 rings (SSSR count). The normalized spacial score (nSPS) is 15.3. The minimum absolute atomic E-state index is 0.0763. The summed E-state index contributed by atoms with van der Waals surface area (Å²) in [5, 5.41) is 10.6. The molecule has 0 N–H and O–H groups in total. The van der Waals surface area contributed by atoms with Crippen LogP contribution in [0.4, 0.5) is 0 Å². The van der Waals surface area contributed by atoms with Gasteiger partial charge < -0.3 is 19.1 Å². The Bertz CT molecular complexity index is 1610. The molecule has 1 unspecified atom stereocenters. The number of thioether (sulfide) groups is 1. The van der Waals surface area contributed by atoms with Gasteiger partial charge in [0.05, 0.1) is 18.5 Å². The number of amides is 2. The highest BCUT2D eigenvalue weighted by Gasteiger charge is 2.29. The molecule has 0 spiro atoms. The summed E-state index contributed by atoms with van der Waals surface area (Å²) >= 11 is 1.51. The van der Waals surface area contributed by atoms with Crippen LogP contribution < -0.4 is 0 Å². The summed E-state index contributed by atoms with van der Waals surface area (Å²) in [5.74, 6) is 0.339. The van der Waals surface area contributed by atoms with Crippen LogP contribution in [0.3, 0.4) is 0 Å². The van der Waals surface area contributed by atoms with Gasteiger partial charge in [-0.15, -0.1) is 10.2 Å². The number of fused-ring (bicyclic) bond motifs is 3. The van der Waals surface area contributed by atoms with Gasteiger partial charge in [-0.2, -0.15) is 0 Å². The first kappa shape index (κ1) is 30.5. The molecule has 11 heteroatoms. The minimum atomic E-state index is -0.360. The summed E-state index contributed by atoms with van der Waals surface area (Å²) < 4.78 is 7.11. The molecule has 1 aliphatic rings. The Morgan fingerprint density at radius 2 is 1.81 bits per heavy atom. The Morgan fingerprint density at radius 1 is 1.00 bits per heavy atom. The second kappa shape index (κ2) is 14.0. The average molecular weight is 603 g/mol. The van der Waals surface area contributed by atoms with Crippen LogP contribution in [0.5, 0.6) is 0 Å². The monoisotopic (exact) mass is 602 g/mol. The van der Waals surface area contributed by atoms with E-state index in [-0.39, 0.29) is 36.7 Å². The fourth-order valence-corrected chi connectivity index (χ4v) is 6.25. The van der Waals surface area contributed by atoms with Crippen LogP contribution in [0.25, 0.3) is 22.1 Å². The lowest BCUT2D eigenvalue weighted by Crippen LogP contribution is -2.55. The number of rotatable bonds is 11. The molecule has 1 atom stereocenters. The van der Waals surface area contributed by atoms with Crippen molar-refractivity contribution in [2.24, 2.45) is 0 Å². The molecule has 10 nitrogen and oxygen atoms in total. The van der Waals surface area contributed by atoms with Crippen molar-refractivity contribution in [1.29, 1.82) is 0 Å². The summed E-state index contributed by atoms with van der Waals surface area (Å²) in [5.41, 5.74) is 5.02. The van der Waals surface area contributed by atoms with E-state index >= 15 is 0 Å². The molecule has 226 valence electrons. The molecule has 1 fully saturated rings. The number of hydrogen-bond donors (Lipinski definition) is 0. The third kappa shape index (κ3) is 7.33. The first-order valence-corrected chi connectivity index (χ1v) is 15.9. The molecule has 4 aromatic rings. The number of carbonyl (C=O) groups is 3. The molecule has 3 heterocycles. The smallest absolute Gasteiger partial charge is 0.306 e. The van der Waals surface area contributed by atoms with E-state index in [1.54, 1.807) is 11.8 Å². The molecular formula is C32H38N6O4S. The first-order valence-electron chi connectivity index (χ1n) is 14.9. The number of ether oxygens (including phenoxy) is 1. The van der Waals surface area contributed by atoms with E-state index in [0.29, 0.717) is 56.5 Å². The predicted molar refractivity (Wildman–Crippen MR) is 167 cm³/mol. The lowest BCUT2D eigenvalue weighted by molar-refractivity contribution is -0.147. The Morgan fingerprint density at radius 3 is 2.58 bits per heavy atom. The van der Waals surface area contributed by atoms with Crippen LogP contribution in [-0.4, -0.2) is 85.4 Å². The topological polar surface area (TPSA) is 111 Å². The number of benzene rings is 2. The summed E-state index contributed by atoms with van der Waals surface area (Å²) in [6.45, 7) is 8.21. The minimum Gasteiger partial charge on any atom is -0.466 e. The summed E-state index contributed by atoms with van der Waals surface area (Å²) in [6.07, 6.45) is 1.31. The number of hydrogen-bond acceptors (Lipinski definition) is 8. The SMILES string of the molecule is CCOC(=O)CCC(=O)N1CCN(C(=O)CCCSc2nnc3c4cc(C)ccc4n(Cc4ccccc4)c3n2)CC1C. The van der Waals surface area contributed by atoms with Gasteiger partial charge in [0.1, 0.15) is 5.52 Å². The maximum Gasteiger partial charge on any atom is 0.306 e. The Hall–Kier alpha value is -3.99. The Kier molecular flexibility index (Phi) is 9.91. The molecule has 0 aliphatic carbocycles. The summed E-state index contributed by atoms with van der Waals surface area (Å²) in [4.78, 5) is 45.6. The van der Waals surface area contributed by atoms with Crippen molar-refractivity contribution < 1.29 is 19.1 Å². The average Bonchev–Trinajstić information content (AvgIpc) is 3.30. The summed E-state index contributed by atoms with van der Waals surface area (Å²) in [7, 11) is 0. The van der Waals surface area contributed by atoms with Gasteiger partial charge in [0.25, 0.3) is 0 Å². The number of aromatic nitrogens is 4. The van der Waals surface area contributed by atoms with Crippen molar-refractivity contribution in [2.45, 2.75) is 64.2 Å². The van der Waals surface area contributed by atoms with Crippen LogP contribution in [-0.2, 0) is 25.7 Å². The molecule has 1 aliphatic heterocycles. The number of carbonyl (C=O) groups excluding carboxylic acids is 3. The number of nitrogens with zero attached hydrogens (tertiary/aromatic N) is 6. The van der Waals surface area contributed by atoms with Gasteiger partial charge in [-0.05, 0) is 44.9 Å². The zero-order chi connectivity index (χ0) is 30.3. The fourth-order valence-electron chi connectivity index (χ4n) is 5.53. The highest BCUT2D eigenvalue weighted by atomic mass is 32.2. The molecule has 0 saturated carbocycles. The summed E-state index contributed by atoms with van der Waals surface area (Å²) in [6, 6.07) is 16.6. The van der Waals surface area contributed by atoms with E-state index in [1.807, 2.05) is 30.0 Å². The molecule has 2 aromatic heterocycles. The number of esters is 1. The van der Waals surface area contributed by atoms with Crippen LogP contribution in [0.15, 0.2) is 53.7 Å². The second-order valence-corrected chi connectivity index (χ2v) is 12.0. The molecule has 1 saturated heterocycles. The van der Waals surface area contributed by atoms with Crippen molar-refractivity contribution in [3.8, 4) is 0 Å². The third-order valence-electron chi connectivity index (χ3n) is 7.70. The van der Waals surface area contributed by atoms with E-state index in [4.69, 9.17) is 9.72 Å². The second-order valence-electron chi connectivity index (χ2n) is 10.9. The van der Waals surface area contributed by atoms with Crippen LogP contribution in [0.2, 0.25) is 0 Å². The maximum atomic E-state index is 12.9. The number of aryl methyl sites for hydroxylation is 1. The van der Waals surface area contributed by atoms with Gasteiger partial charge in [-0.1, -0.05) is 53.7 Å². The first-order chi connectivity index (χ1) is 20.8. The Balaban J connectivity index is 1.16. The zero-order valence-electron chi connectivity index (χ0n) is 25.0. The van der Waals surface area contributed by atoms with Gasteiger partial charge in [-0.25, -0.2) is 4.98 Å². The standard InChI is InChI=1S/C32H38N6O4S/c1-4-42-29(41)15-14-28(40)37-17-16-36(20-23(37)3)27(39)11-8-18-43-32-33-31-30(34-35-32)25-19-22(2)12-13-26(25)38(31)21-24-9-6-5-7-10-24/h5-7,9-10,12-13,19,23H,4,8,11,14-18,20-21H2,1-3H3.